The van der Waals surface area contributed by atoms with E-state index < -0.39 is 35.0 Å². The largest absolute Gasteiger partial charge is 0.376 e. The molecule has 1 saturated carbocycles. The van der Waals surface area contributed by atoms with Gasteiger partial charge in [-0.25, -0.2) is 0 Å². The Morgan fingerprint density at radius 3 is 1.56 bits per heavy atom. The number of carbonyl (C=O) groups excluding carboxylic acids is 4. The molecule has 2 aromatic carbocycles. The van der Waals surface area contributed by atoms with Crippen LogP contribution in [0.25, 0.3) is 11.1 Å². The van der Waals surface area contributed by atoms with E-state index in [1.807, 2.05) is 67.6 Å². The summed E-state index contributed by atoms with van der Waals surface area (Å²) < 4.78 is 11.7. The minimum atomic E-state index is -1.08. The van der Waals surface area contributed by atoms with Gasteiger partial charge in [-0.3, -0.25) is 29.0 Å². The molecular weight excluding hydrogens is 544 g/mol. The number of allylic oxidation sites excluding steroid dienone is 2. The van der Waals surface area contributed by atoms with E-state index >= 15 is 0 Å². The van der Waals surface area contributed by atoms with E-state index in [0.29, 0.717) is 13.2 Å². The highest BCUT2D eigenvalue weighted by molar-refractivity contribution is 6.17. The third-order valence-corrected chi connectivity index (χ3v) is 11.1. The highest BCUT2D eigenvalue weighted by atomic mass is 16.5. The Labute approximate surface area is 251 Å². The van der Waals surface area contributed by atoms with Crippen LogP contribution in [-0.2, 0) is 28.7 Å². The van der Waals surface area contributed by atoms with Crippen LogP contribution < -0.4 is 0 Å². The maximum atomic E-state index is 14.5. The first-order valence-corrected chi connectivity index (χ1v) is 15.7. The normalized spacial score (nSPS) is 36.7. The summed E-state index contributed by atoms with van der Waals surface area (Å²) in [6.07, 6.45) is 3.04. The molecule has 6 atom stereocenters. The van der Waals surface area contributed by atoms with Crippen molar-refractivity contribution >= 4 is 34.8 Å². The number of ether oxygens (including phenoxy) is 2. The molecule has 222 valence electrons. The van der Waals surface area contributed by atoms with E-state index in [2.05, 4.69) is 0 Å². The zero-order valence-electron chi connectivity index (χ0n) is 24.3. The molecule has 0 radical (unpaired) electrons. The lowest BCUT2D eigenvalue weighted by atomic mass is 9.41. The molecule has 4 aliphatic heterocycles. The van der Waals surface area contributed by atoms with Gasteiger partial charge in [0.1, 0.15) is 0 Å². The Bertz CT molecular complexity index is 1460. The van der Waals surface area contributed by atoms with Crippen molar-refractivity contribution in [3.8, 4) is 0 Å². The Kier molecular flexibility index (Phi) is 6.25. The molecule has 0 aromatic heterocycles. The fraction of sp³-hybridized carbons (Fsp3) is 0.486. The van der Waals surface area contributed by atoms with Crippen molar-refractivity contribution in [2.45, 2.75) is 44.8 Å². The molecule has 4 amide bonds. The van der Waals surface area contributed by atoms with Gasteiger partial charge in [-0.2, -0.15) is 0 Å². The molecule has 9 rings (SSSR count). The van der Waals surface area contributed by atoms with Crippen LogP contribution in [0.15, 0.2) is 60.7 Å². The van der Waals surface area contributed by atoms with Crippen LogP contribution in [0.4, 0.5) is 0 Å². The number of hydrogen-bond acceptors (Lipinski definition) is 6. The van der Waals surface area contributed by atoms with Gasteiger partial charge in [-0.1, -0.05) is 67.6 Å². The number of nitrogens with zero attached hydrogens (tertiary/aromatic N) is 2. The Morgan fingerprint density at radius 1 is 0.651 bits per heavy atom. The molecule has 5 fully saturated rings. The van der Waals surface area contributed by atoms with E-state index in [4.69, 9.17) is 9.47 Å². The minimum absolute atomic E-state index is 0.182. The second-order valence-electron chi connectivity index (χ2n) is 13.2. The first kappa shape index (κ1) is 27.0. The van der Waals surface area contributed by atoms with Gasteiger partial charge < -0.3 is 9.47 Å². The number of amides is 4. The predicted octanol–water partition coefficient (Wildman–Crippen LogP) is 3.81. The molecular formula is C35H36N2O6. The lowest BCUT2D eigenvalue weighted by molar-refractivity contribution is -0.144. The summed E-state index contributed by atoms with van der Waals surface area (Å²) in [6, 6.07) is 19.8. The maximum absolute atomic E-state index is 14.5. The van der Waals surface area contributed by atoms with Crippen LogP contribution in [0, 0.1) is 35.0 Å². The molecule has 7 aliphatic rings. The van der Waals surface area contributed by atoms with E-state index in [1.165, 1.54) is 9.80 Å². The van der Waals surface area contributed by atoms with Gasteiger partial charge in [0.15, 0.2) is 0 Å². The third-order valence-electron chi connectivity index (χ3n) is 11.1. The number of imide groups is 2. The van der Waals surface area contributed by atoms with Crippen LogP contribution >= 0.6 is 0 Å². The SMILES string of the molecule is CC12C(c3ccccc3)=C(c3ccccc3)C(C3C(=O)N(CC4CCCO4)C(=O)C31)C1C(=O)N(CC3CCCO3)C(=O)C12. The van der Waals surface area contributed by atoms with Crippen molar-refractivity contribution in [2.75, 3.05) is 26.3 Å². The molecule has 0 N–H and O–H groups in total. The van der Waals surface area contributed by atoms with E-state index in [9.17, 15) is 19.2 Å². The van der Waals surface area contributed by atoms with Crippen LogP contribution in [0.5, 0.6) is 0 Å². The van der Waals surface area contributed by atoms with Crippen molar-refractivity contribution in [1.29, 1.82) is 0 Å². The number of likely N-dealkylation sites (tertiary alicyclic amines) is 2. The van der Waals surface area contributed by atoms with Crippen molar-refractivity contribution in [3.05, 3.63) is 71.8 Å². The van der Waals surface area contributed by atoms with Gasteiger partial charge >= 0.3 is 0 Å². The molecule has 6 unspecified atom stereocenters. The zero-order chi connectivity index (χ0) is 29.5. The second-order valence-corrected chi connectivity index (χ2v) is 13.2. The number of rotatable bonds is 6. The smallest absolute Gasteiger partial charge is 0.234 e. The van der Waals surface area contributed by atoms with Crippen LogP contribution in [0.2, 0.25) is 0 Å². The minimum Gasteiger partial charge on any atom is -0.376 e. The monoisotopic (exact) mass is 580 g/mol. The fourth-order valence-corrected chi connectivity index (χ4v) is 9.40. The van der Waals surface area contributed by atoms with Gasteiger partial charge in [-0.15, -0.1) is 0 Å². The van der Waals surface area contributed by atoms with E-state index in [-0.39, 0.29) is 48.9 Å². The topological polar surface area (TPSA) is 93.2 Å². The van der Waals surface area contributed by atoms with Gasteiger partial charge in [0.25, 0.3) is 0 Å². The van der Waals surface area contributed by atoms with E-state index in [1.54, 1.807) is 0 Å². The quantitative estimate of drug-likeness (QED) is 0.483. The first-order chi connectivity index (χ1) is 20.9. The van der Waals surface area contributed by atoms with Crippen molar-refractivity contribution in [3.63, 3.8) is 0 Å². The van der Waals surface area contributed by atoms with Gasteiger partial charge in [0.05, 0.1) is 49.0 Å². The third kappa shape index (κ3) is 3.75. The predicted molar refractivity (Wildman–Crippen MR) is 157 cm³/mol. The lowest BCUT2D eigenvalue weighted by Crippen LogP contribution is -2.59. The van der Waals surface area contributed by atoms with Crippen molar-refractivity contribution in [1.82, 2.24) is 9.80 Å². The summed E-state index contributed by atoms with van der Waals surface area (Å²) in [5.74, 6) is -4.48. The molecule has 8 nitrogen and oxygen atoms in total. The molecule has 43 heavy (non-hydrogen) atoms. The van der Waals surface area contributed by atoms with E-state index in [0.717, 1.165) is 48.0 Å². The molecule has 0 spiro atoms. The fourth-order valence-electron chi connectivity index (χ4n) is 9.40. The summed E-state index contributed by atoms with van der Waals surface area (Å²) in [5, 5.41) is 0. The molecule has 2 bridgehead atoms. The number of hydrogen-bond donors (Lipinski definition) is 0. The molecule has 4 heterocycles. The molecule has 4 saturated heterocycles. The highest BCUT2D eigenvalue weighted by Gasteiger charge is 2.76. The summed E-state index contributed by atoms with van der Waals surface area (Å²) in [7, 11) is 0. The van der Waals surface area contributed by atoms with Crippen molar-refractivity contribution < 1.29 is 28.7 Å². The lowest BCUT2D eigenvalue weighted by Gasteiger charge is -2.57. The zero-order valence-corrected chi connectivity index (χ0v) is 24.3. The molecule has 2 aromatic rings. The average Bonchev–Trinajstić information content (AvgIpc) is 3.83. The standard InChI is InChI=1S/C35H36N2O6/c1-35-28(21-12-6-3-7-13-21)24(20-10-4-2-5-11-20)25(26-29(35)33(40)36(31(26)38)18-22-14-8-16-42-22)27-30(35)34(41)37(32(27)39)19-23-15-9-17-43-23/h2-7,10-13,22-23,25-27,29-30H,8-9,14-19H2,1H3. The summed E-state index contributed by atoms with van der Waals surface area (Å²) >= 11 is 0. The molecule has 8 heteroatoms. The summed E-state index contributed by atoms with van der Waals surface area (Å²) in [4.78, 5) is 60.6. The van der Waals surface area contributed by atoms with Gasteiger partial charge in [-0.05, 0) is 48.0 Å². The maximum Gasteiger partial charge on any atom is 0.234 e. The molecule has 3 aliphatic carbocycles. The second kappa shape index (κ2) is 9.96. The van der Waals surface area contributed by atoms with Gasteiger partial charge in [0.2, 0.25) is 23.6 Å². The van der Waals surface area contributed by atoms with Crippen molar-refractivity contribution in [2.24, 2.45) is 35.0 Å². The number of carbonyl (C=O) groups is 4. The van der Waals surface area contributed by atoms with Gasteiger partial charge in [0, 0.05) is 24.5 Å². The average molecular weight is 581 g/mol. The summed E-state index contributed by atoms with van der Waals surface area (Å²) in [6.45, 7) is 3.66. The Morgan fingerprint density at radius 2 is 1.12 bits per heavy atom. The highest BCUT2D eigenvalue weighted by Crippen LogP contribution is 2.72. The van der Waals surface area contributed by atoms with Crippen LogP contribution in [0.3, 0.4) is 0 Å². The Hall–Kier alpha value is -3.62. The van der Waals surface area contributed by atoms with Crippen LogP contribution in [-0.4, -0.2) is 71.9 Å². The Balaban J connectivity index is 1.33. The number of benzene rings is 2. The first-order valence-electron chi connectivity index (χ1n) is 15.7. The summed E-state index contributed by atoms with van der Waals surface area (Å²) in [5.41, 5.74) is 2.59. The van der Waals surface area contributed by atoms with Crippen LogP contribution in [0.1, 0.15) is 43.7 Å².